The number of hydrogen-bond donors (Lipinski definition) is 0. The van der Waals surface area contributed by atoms with Crippen LogP contribution in [0.3, 0.4) is 0 Å². The Hall–Kier alpha value is -2.23. The van der Waals surface area contributed by atoms with E-state index in [9.17, 15) is 13.6 Å². The molecule has 2 aliphatic heterocycles. The zero-order chi connectivity index (χ0) is 15.7. The first-order valence-corrected chi connectivity index (χ1v) is 7.26. The Morgan fingerprint density at radius 2 is 2.00 bits per heavy atom. The number of nitrogens with zero attached hydrogens (tertiary/aromatic N) is 4. The van der Waals surface area contributed by atoms with Crippen molar-refractivity contribution >= 4 is 11.7 Å². The van der Waals surface area contributed by atoms with Crippen LogP contribution in [0.1, 0.15) is 18.4 Å². The summed E-state index contributed by atoms with van der Waals surface area (Å²) in [4.78, 5) is 19.9. The van der Waals surface area contributed by atoms with Gasteiger partial charge in [-0.05, 0) is 12.1 Å². The van der Waals surface area contributed by atoms with Crippen molar-refractivity contribution in [3.63, 3.8) is 0 Å². The van der Waals surface area contributed by atoms with E-state index in [1.54, 1.807) is 17.0 Å². The first-order chi connectivity index (χ1) is 10.5. The van der Waals surface area contributed by atoms with Crippen LogP contribution in [0.15, 0.2) is 18.3 Å². The quantitative estimate of drug-likeness (QED) is 0.833. The Balaban J connectivity index is 1.52. The predicted octanol–water partition coefficient (Wildman–Crippen LogP) is 1.65. The number of aromatic nitrogens is 1. The Labute approximate surface area is 127 Å². The molecule has 2 fully saturated rings. The maximum absolute atomic E-state index is 13.1. The van der Waals surface area contributed by atoms with E-state index in [1.165, 1.54) is 6.20 Å². The summed E-state index contributed by atoms with van der Waals surface area (Å²) in [6.07, 6.45) is 1.01. The van der Waals surface area contributed by atoms with Crippen LogP contribution in [-0.4, -0.2) is 47.9 Å². The molecule has 116 valence electrons. The van der Waals surface area contributed by atoms with Crippen molar-refractivity contribution in [3.8, 4) is 6.07 Å². The number of rotatable bonds is 2. The van der Waals surface area contributed by atoms with Gasteiger partial charge in [0.25, 0.3) is 5.92 Å². The molecule has 5 nitrogen and oxygen atoms in total. The molecule has 0 aliphatic carbocycles. The monoisotopic (exact) mass is 306 g/mol. The second-order valence-corrected chi connectivity index (χ2v) is 5.80. The molecule has 0 N–H and O–H groups in total. The summed E-state index contributed by atoms with van der Waals surface area (Å²) < 4.78 is 26.2. The molecule has 22 heavy (non-hydrogen) atoms. The molecule has 0 saturated carbocycles. The van der Waals surface area contributed by atoms with Crippen LogP contribution < -0.4 is 4.90 Å². The lowest BCUT2D eigenvalue weighted by molar-refractivity contribution is -0.142. The number of halogens is 2. The molecule has 1 aromatic rings. The number of likely N-dealkylation sites (tertiary alicyclic amines) is 1. The number of pyridine rings is 1. The van der Waals surface area contributed by atoms with Crippen molar-refractivity contribution in [1.82, 2.24) is 9.88 Å². The van der Waals surface area contributed by atoms with Crippen molar-refractivity contribution in [2.75, 3.05) is 31.1 Å². The zero-order valence-corrected chi connectivity index (χ0v) is 12.0. The van der Waals surface area contributed by atoms with Crippen LogP contribution in [0.2, 0.25) is 0 Å². The van der Waals surface area contributed by atoms with Crippen LogP contribution >= 0.6 is 0 Å². The van der Waals surface area contributed by atoms with Crippen molar-refractivity contribution in [2.45, 2.75) is 18.8 Å². The lowest BCUT2D eigenvalue weighted by atomic mass is 9.96. The van der Waals surface area contributed by atoms with Gasteiger partial charge in [0.15, 0.2) is 0 Å². The molecule has 1 aromatic heterocycles. The molecule has 2 saturated heterocycles. The molecule has 2 aliphatic rings. The first kappa shape index (κ1) is 14.7. The number of nitriles is 1. The lowest BCUT2D eigenvalue weighted by Gasteiger charge is -2.42. The minimum absolute atomic E-state index is 0.0413. The Morgan fingerprint density at radius 3 is 2.55 bits per heavy atom. The van der Waals surface area contributed by atoms with E-state index in [0.29, 0.717) is 18.7 Å². The van der Waals surface area contributed by atoms with Crippen LogP contribution in [0.25, 0.3) is 0 Å². The molecule has 3 rings (SSSR count). The zero-order valence-electron chi connectivity index (χ0n) is 12.0. The standard InChI is InChI=1S/C15H16F2N4O/c16-15(17)3-5-20(6-4-15)14(22)12-9-21(10-12)13-2-1-11(7-18)8-19-13/h1-2,8,12H,3-6,9-10H2. The van der Waals surface area contributed by atoms with Gasteiger partial charge >= 0.3 is 0 Å². The molecule has 7 heteroatoms. The summed E-state index contributed by atoms with van der Waals surface area (Å²) in [5.74, 6) is -2.09. The van der Waals surface area contributed by atoms with Gasteiger partial charge in [0.05, 0.1) is 11.5 Å². The highest BCUT2D eigenvalue weighted by molar-refractivity contribution is 5.82. The normalized spacial score (nSPS) is 21.1. The van der Waals surface area contributed by atoms with Gasteiger partial charge < -0.3 is 9.80 Å². The maximum Gasteiger partial charge on any atom is 0.251 e. The van der Waals surface area contributed by atoms with Gasteiger partial charge in [-0.3, -0.25) is 4.79 Å². The van der Waals surface area contributed by atoms with E-state index in [2.05, 4.69) is 4.98 Å². The van der Waals surface area contributed by atoms with Gasteiger partial charge in [0.1, 0.15) is 11.9 Å². The summed E-state index contributed by atoms with van der Waals surface area (Å²) in [7, 11) is 0. The number of carbonyl (C=O) groups excluding carboxylic acids is 1. The minimum Gasteiger partial charge on any atom is -0.355 e. The molecule has 0 spiro atoms. The highest BCUT2D eigenvalue weighted by Gasteiger charge is 2.40. The predicted molar refractivity (Wildman–Crippen MR) is 75.4 cm³/mol. The second kappa shape index (κ2) is 5.52. The van der Waals surface area contributed by atoms with Crippen molar-refractivity contribution in [1.29, 1.82) is 5.26 Å². The van der Waals surface area contributed by atoms with Gasteiger partial charge in [0.2, 0.25) is 5.91 Å². The summed E-state index contributed by atoms with van der Waals surface area (Å²) in [5, 5.41) is 8.73. The Bertz CT molecular complexity index is 595. The highest BCUT2D eigenvalue weighted by Crippen LogP contribution is 2.30. The van der Waals surface area contributed by atoms with Gasteiger partial charge in [-0.2, -0.15) is 5.26 Å². The number of carbonyl (C=O) groups is 1. The van der Waals surface area contributed by atoms with Crippen molar-refractivity contribution in [3.05, 3.63) is 23.9 Å². The van der Waals surface area contributed by atoms with E-state index in [0.717, 1.165) is 5.82 Å². The smallest absolute Gasteiger partial charge is 0.251 e. The van der Waals surface area contributed by atoms with E-state index in [1.807, 2.05) is 11.0 Å². The summed E-state index contributed by atoms with van der Waals surface area (Å²) in [5.41, 5.74) is 0.492. The minimum atomic E-state index is -2.63. The molecule has 0 bridgehead atoms. The lowest BCUT2D eigenvalue weighted by Crippen LogP contribution is -2.56. The van der Waals surface area contributed by atoms with Crippen molar-refractivity contribution in [2.24, 2.45) is 5.92 Å². The number of piperidine rings is 1. The van der Waals surface area contributed by atoms with E-state index in [4.69, 9.17) is 5.26 Å². The fourth-order valence-electron chi connectivity index (χ4n) is 2.77. The molecular formula is C15H16F2N4O. The average Bonchev–Trinajstić information content (AvgIpc) is 2.46. The largest absolute Gasteiger partial charge is 0.355 e. The van der Waals surface area contributed by atoms with Crippen LogP contribution in [0.4, 0.5) is 14.6 Å². The SMILES string of the molecule is N#Cc1ccc(N2CC(C(=O)N3CCC(F)(F)CC3)C2)nc1. The third-order valence-electron chi connectivity index (χ3n) is 4.24. The summed E-state index contributed by atoms with van der Waals surface area (Å²) in [6, 6.07) is 5.44. The highest BCUT2D eigenvalue weighted by atomic mass is 19.3. The topological polar surface area (TPSA) is 60.2 Å². The van der Waals surface area contributed by atoms with E-state index in [-0.39, 0.29) is 37.8 Å². The van der Waals surface area contributed by atoms with E-state index >= 15 is 0 Å². The maximum atomic E-state index is 13.1. The van der Waals surface area contributed by atoms with Crippen LogP contribution in [0, 0.1) is 17.2 Å². The fourth-order valence-corrected chi connectivity index (χ4v) is 2.77. The van der Waals surface area contributed by atoms with Crippen LogP contribution in [-0.2, 0) is 4.79 Å². The van der Waals surface area contributed by atoms with E-state index < -0.39 is 5.92 Å². The molecule has 0 atom stereocenters. The molecule has 0 aromatic carbocycles. The molecule has 0 radical (unpaired) electrons. The fraction of sp³-hybridized carbons (Fsp3) is 0.533. The van der Waals surface area contributed by atoms with Gasteiger partial charge in [-0.15, -0.1) is 0 Å². The van der Waals surface area contributed by atoms with Gasteiger partial charge in [-0.25, -0.2) is 13.8 Å². The summed E-state index contributed by atoms with van der Waals surface area (Å²) in [6.45, 7) is 1.37. The number of alkyl halides is 2. The van der Waals surface area contributed by atoms with Crippen LogP contribution in [0.5, 0.6) is 0 Å². The summed E-state index contributed by atoms with van der Waals surface area (Å²) >= 11 is 0. The van der Waals surface area contributed by atoms with Crippen molar-refractivity contribution < 1.29 is 13.6 Å². The Kier molecular flexibility index (Phi) is 3.69. The third kappa shape index (κ3) is 2.86. The number of amides is 1. The van der Waals surface area contributed by atoms with Gasteiger partial charge in [-0.1, -0.05) is 0 Å². The number of anilines is 1. The molecule has 1 amide bonds. The second-order valence-electron chi connectivity index (χ2n) is 5.80. The van der Waals surface area contributed by atoms with Gasteiger partial charge in [0, 0.05) is 45.2 Å². The molecule has 0 unspecified atom stereocenters. The molecular weight excluding hydrogens is 290 g/mol. The third-order valence-corrected chi connectivity index (χ3v) is 4.24. The molecule has 3 heterocycles. The first-order valence-electron chi connectivity index (χ1n) is 7.26. The Morgan fingerprint density at radius 1 is 1.32 bits per heavy atom. The average molecular weight is 306 g/mol. The number of hydrogen-bond acceptors (Lipinski definition) is 4.